The van der Waals surface area contributed by atoms with Gasteiger partial charge in [0.15, 0.2) is 6.29 Å². The molecule has 2 aliphatic rings. The molecule has 8 nitrogen and oxygen atoms in total. The number of ether oxygens (including phenoxy) is 3. The summed E-state index contributed by atoms with van der Waals surface area (Å²) in [5.41, 5.74) is 0. The monoisotopic (exact) mass is 350 g/mol. The Labute approximate surface area is 142 Å². The van der Waals surface area contributed by atoms with Crippen LogP contribution < -0.4 is 0 Å². The van der Waals surface area contributed by atoms with Gasteiger partial charge in [0, 0.05) is 0 Å². The minimum atomic E-state index is -1.48. The average Bonchev–Trinajstić information content (AvgIpc) is 2.58. The van der Waals surface area contributed by atoms with Crippen LogP contribution in [0.25, 0.3) is 0 Å². The Morgan fingerprint density at radius 1 is 0.625 bits per heavy atom. The van der Waals surface area contributed by atoms with Crippen LogP contribution in [0.5, 0.6) is 0 Å². The molecule has 142 valence electrons. The van der Waals surface area contributed by atoms with E-state index < -0.39 is 61.2 Å². The smallest absolute Gasteiger partial charge is 0.187 e. The maximum atomic E-state index is 10.4. The van der Waals surface area contributed by atoms with Crippen LogP contribution in [0.2, 0.25) is 0 Å². The van der Waals surface area contributed by atoms with Gasteiger partial charge in [0.2, 0.25) is 0 Å². The molecular formula is C16H30O8. The fraction of sp³-hybridized carbons (Fsp3) is 1.00. The summed E-state index contributed by atoms with van der Waals surface area (Å²) in [6.07, 6.45) is -8.79. The Hall–Kier alpha value is -0.320. The fourth-order valence-corrected chi connectivity index (χ4v) is 3.37. The van der Waals surface area contributed by atoms with Crippen LogP contribution in [0.4, 0.5) is 0 Å². The van der Waals surface area contributed by atoms with Gasteiger partial charge < -0.3 is 39.7 Å². The van der Waals surface area contributed by atoms with Crippen molar-refractivity contribution in [2.75, 3.05) is 0 Å². The first-order valence-corrected chi connectivity index (χ1v) is 8.72. The highest BCUT2D eigenvalue weighted by Crippen LogP contribution is 2.31. The predicted octanol–water partition coefficient (Wildman–Crippen LogP) is -1.10. The van der Waals surface area contributed by atoms with Crippen molar-refractivity contribution in [2.24, 2.45) is 0 Å². The van der Waals surface area contributed by atoms with Gasteiger partial charge in [0.25, 0.3) is 0 Å². The average molecular weight is 350 g/mol. The van der Waals surface area contributed by atoms with E-state index in [4.69, 9.17) is 14.2 Å². The van der Waals surface area contributed by atoms with Crippen LogP contribution >= 0.6 is 0 Å². The van der Waals surface area contributed by atoms with Crippen molar-refractivity contribution < 1.29 is 39.7 Å². The standard InChI is InChI=1S/C16H30O8/c1-4-7-10(17)13(20)14(21)16(23-7)24-15-11(18)8(5-2)22-9(6-3)12(15)19/h7-21H,4-6H2,1-3H3. The van der Waals surface area contributed by atoms with Crippen molar-refractivity contribution in [3.63, 3.8) is 0 Å². The van der Waals surface area contributed by atoms with Crippen molar-refractivity contribution in [3.05, 3.63) is 0 Å². The van der Waals surface area contributed by atoms with E-state index in [0.717, 1.165) is 0 Å². The molecular weight excluding hydrogens is 320 g/mol. The topological polar surface area (TPSA) is 129 Å². The Balaban J connectivity index is 2.14. The zero-order valence-corrected chi connectivity index (χ0v) is 14.4. The van der Waals surface area contributed by atoms with Gasteiger partial charge in [-0.05, 0) is 19.3 Å². The van der Waals surface area contributed by atoms with Crippen LogP contribution in [-0.2, 0) is 14.2 Å². The van der Waals surface area contributed by atoms with E-state index in [1.165, 1.54) is 0 Å². The third kappa shape index (κ3) is 3.76. The lowest BCUT2D eigenvalue weighted by Gasteiger charge is -2.46. The highest BCUT2D eigenvalue weighted by atomic mass is 16.7. The molecule has 2 fully saturated rings. The lowest BCUT2D eigenvalue weighted by atomic mass is 9.92. The maximum absolute atomic E-state index is 10.4. The van der Waals surface area contributed by atoms with Gasteiger partial charge in [-0.15, -0.1) is 0 Å². The van der Waals surface area contributed by atoms with Crippen LogP contribution in [0.1, 0.15) is 40.0 Å². The van der Waals surface area contributed by atoms with Crippen molar-refractivity contribution in [1.82, 2.24) is 0 Å². The van der Waals surface area contributed by atoms with E-state index in [1.54, 1.807) is 6.92 Å². The molecule has 0 aromatic carbocycles. The van der Waals surface area contributed by atoms with Crippen LogP contribution in [0, 0.1) is 0 Å². The summed E-state index contributed by atoms with van der Waals surface area (Å²) in [4.78, 5) is 0. The lowest BCUT2D eigenvalue weighted by Crippen LogP contribution is -2.63. The zero-order valence-electron chi connectivity index (χ0n) is 14.4. The molecule has 0 bridgehead atoms. The molecule has 0 spiro atoms. The molecule has 0 amide bonds. The first-order valence-electron chi connectivity index (χ1n) is 8.72. The quantitative estimate of drug-likeness (QED) is 0.423. The van der Waals surface area contributed by atoms with E-state index in [2.05, 4.69) is 0 Å². The molecule has 0 saturated carbocycles. The zero-order chi connectivity index (χ0) is 18.0. The second-order valence-electron chi connectivity index (χ2n) is 6.53. The molecule has 24 heavy (non-hydrogen) atoms. The van der Waals surface area contributed by atoms with E-state index in [0.29, 0.717) is 19.3 Å². The Bertz CT molecular complexity index is 376. The number of hydrogen-bond acceptors (Lipinski definition) is 8. The van der Waals surface area contributed by atoms with E-state index in [-0.39, 0.29) is 0 Å². The number of rotatable bonds is 5. The van der Waals surface area contributed by atoms with E-state index >= 15 is 0 Å². The Morgan fingerprint density at radius 3 is 1.54 bits per heavy atom. The van der Waals surface area contributed by atoms with Gasteiger partial charge in [-0.2, -0.15) is 0 Å². The van der Waals surface area contributed by atoms with Gasteiger partial charge in [0.05, 0.1) is 18.3 Å². The summed E-state index contributed by atoms with van der Waals surface area (Å²) in [5.74, 6) is 0. The summed E-state index contributed by atoms with van der Waals surface area (Å²) in [6, 6.07) is 0. The molecule has 9 atom stereocenters. The fourth-order valence-electron chi connectivity index (χ4n) is 3.37. The summed E-state index contributed by atoms with van der Waals surface area (Å²) in [7, 11) is 0. The molecule has 0 aromatic heterocycles. The first kappa shape index (κ1) is 20.0. The summed E-state index contributed by atoms with van der Waals surface area (Å²) >= 11 is 0. The van der Waals surface area contributed by atoms with Gasteiger partial charge >= 0.3 is 0 Å². The van der Waals surface area contributed by atoms with Gasteiger partial charge in [-0.25, -0.2) is 0 Å². The van der Waals surface area contributed by atoms with Crippen molar-refractivity contribution in [2.45, 2.75) is 101 Å². The van der Waals surface area contributed by atoms with Gasteiger partial charge in [-0.3, -0.25) is 0 Å². The molecule has 5 N–H and O–H groups in total. The van der Waals surface area contributed by atoms with Crippen molar-refractivity contribution in [3.8, 4) is 0 Å². The minimum absolute atomic E-state index is 0.416. The third-order valence-electron chi connectivity index (χ3n) is 4.95. The number of aliphatic hydroxyl groups excluding tert-OH is 5. The van der Waals surface area contributed by atoms with E-state index in [1.807, 2.05) is 13.8 Å². The molecule has 2 heterocycles. The predicted molar refractivity (Wildman–Crippen MR) is 83.1 cm³/mol. The first-order chi connectivity index (χ1) is 11.3. The van der Waals surface area contributed by atoms with Crippen LogP contribution in [0.3, 0.4) is 0 Å². The molecule has 2 saturated heterocycles. The second-order valence-corrected chi connectivity index (χ2v) is 6.53. The molecule has 0 aliphatic carbocycles. The molecule has 9 unspecified atom stereocenters. The van der Waals surface area contributed by atoms with Crippen LogP contribution in [0.15, 0.2) is 0 Å². The SMILES string of the molecule is CCC1OC(OC2C(O)C(CC)OC(CC)C2O)C(O)C(O)C1O. The molecule has 2 aliphatic heterocycles. The lowest BCUT2D eigenvalue weighted by molar-refractivity contribution is -0.338. The Morgan fingerprint density at radius 2 is 1.08 bits per heavy atom. The summed E-state index contributed by atoms with van der Waals surface area (Å²) in [5, 5.41) is 50.8. The van der Waals surface area contributed by atoms with E-state index in [9.17, 15) is 25.5 Å². The highest BCUT2D eigenvalue weighted by Gasteiger charge is 2.49. The maximum Gasteiger partial charge on any atom is 0.187 e. The molecule has 8 heteroatoms. The van der Waals surface area contributed by atoms with Crippen LogP contribution in [-0.4, -0.2) is 86.8 Å². The number of aliphatic hydroxyl groups is 5. The van der Waals surface area contributed by atoms with Gasteiger partial charge in [0.1, 0.15) is 36.6 Å². The summed E-state index contributed by atoms with van der Waals surface area (Å²) < 4.78 is 16.8. The molecule has 0 radical (unpaired) electrons. The largest absolute Gasteiger partial charge is 0.388 e. The number of hydrogen-bond donors (Lipinski definition) is 5. The van der Waals surface area contributed by atoms with Crippen molar-refractivity contribution in [1.29, 1.82) is 0 Å². The minimum Gasteiger partial charge on any atom is -0.388 e. The summed E-state index contributed by atoms with van der Waals surface area (Å²) in [6.45, 7) is 5.48. The normalized spacial score (nSPS) is 50.0. The second kappa shape index (κ2) is 8.37. The Kier molecular flexibility index (Phi) is 6.98. The van der Waals surface area contributed by atoms with Crippen molar-refractivity contribution >= 4 is 0 Å². The molecule has 0 aromatic rings. The molecule has 2 rings (SSSR count). The third-order valence-corrected chi connectivity index (χ3v) is 4.95. The van der Waals surface area contributed by atoms with Gasteiger partial charge in [-0.1, -0.05) is 20.8 Å². The highest BCUT2D eigenvalue weighted by molar-refractivity contribution is 4.95.